The Labute approximate surface area is 116 Å². The van der Waals surface area contributed by atoms with Crippen LogP contribution in [0.15, 0.2) is 47.4 Å². The second-order valence-corrected chi connectivity index (χ2v) is 4.66. The van der Waals surface area contributed by atoms with Crippen molar-refractivity contribution in [3.05, 3.63) is 48.2 Å². The van der Waals surface area contributed by atoms with E-state index in [9.17, 15) is 4.79 Å². The smallest absolute Gasteiger partial charge is 0.274 e. The maximum atomic E-state index is 12.1. The monoisotopic (exact) mass is 273 g/mol. The van der Waals surface area contributed by atoms with Gasteiger partial charge in [-0.3, -0.25) is 4.79 Å². The summed E-state index contributed by atoms with van der Waals surface area (Å²) in [6.45, 7) is 0. The second kappa shape index (κ2) is 6.24. The standard InChI is InChI=1S/C14H15N3OS/c1-15-13-9-5-7-11(16-13)14(18)17-10-6-3-4-8-12(10)19-2/h3-9H,1-2H3,(H,15,16)(H,17,18). The number of pyridine rings is 1. The molecule has 4 nitrogen and oxygen atoms in total. The van der Waals surface area contributed by atoms with Crippen LogP contribution in [0.5, 0.6) is 0 Å². The van der Waals surface area contributed by atoms with Crippen molar-refractivity contribution in [3.8, 4) is 0 Å². The van der Waals surface area contributed by atoms with Crippen LogP contribution in [0.4, 0.5) is 11.5 Å². The highest BCUT2D eigenvalue weighted by Crippen LogP contribution is 2.24. The van der Waals surface area contributed by atoms with Gasteiger partial charge in [-0.15, -0.1) is 11.8 Å². The molecule has 1 heterocycles. The highest BCUT2D eigenvalue weighted by Gasteiger charge is 2.10. The van der Waals surface area contributed by atoms with Crippen molar-refractivity contribution in [3.63, 3.8) is 0 Å². The first-order valence-corrected chi connectivity index (χ1v) is 7.06. The fraction of sp³-hybridized carbons (Fsp3) is 0.143. The number of amides is 1. The molecule has 1 aromatic carbocycles. The molecule has 0 unspecified atom stereocenters. The number of benzene rings is 1. The van der Waals surface area contributed by atoms with Crippen LogP contribution < -0.4 is 10.6 Å². The third kappa shape index (κ3) is 3.26. The Kier molecular flexibility index (Phi) is 4.41. The third-order valence-electron chi connectivity index (χ3n) is 2.59. The highest BCUT2D eigenvalue weighted by atomic mass is 32.2. The summed E-state index contributed by atoms with van der Waals surface area (Å²) in [5, 5.41) is 5.79. The number of hydrogen-bond acceptors (Lipinski definition) is 4. The molecule has 0 radical (unpaired) electrons. The fourth-order valence-electron chi connectivity index (χ4n) is 1.63. The van der Waals surface area contributed by atoms with Gasteiger partial charge in [0.2, 0.25) is 0 Å². The van der Waals surface area contributed by atoms with E-state index in [0.717, 1.165) is 10.6 Å². The summed E-state index contributed by atoms with van der Waals surface area (Å²) in [4.78, 5) is 17.4. The first-order chi connectivity index (χ1) is 9.24. The molecule has 0 aliphatic heterocycles. The summed E-state index contributed by atoms with van der Waals surface area (Å²) in [5.41, 5.74) is 1.19. The molecule has 0 aliphatic carbocycles. The zero-order valence-electron chi connectivity index (χ0n) is 10.8. The molecule has 5 heteroatoms. The van der Waals surface area contributed by atoms with Crippen molar-refractivity contribution in [2.75, 3.05) is 23.9 Å². The first kappa shape index (κ1) is 13.4. The minimum absolute atomic E-state index is 0.210. The van der Waals surface area contributed by atoms with Crippen molar-refractivity contribution < 1.29 is 4.79 Å². The van der Waals surface area contributed by atoms with Gasteiger partial charge in [0.05, 0.1) is 5.69 Å². The topological polar surface area (TPSA) is 54.0 Å². The maximum absolute atomic E-state index is 12.1. The van der Waals surface area contributed by atoms with Gasteiger partial charge >= 0.3 is 0 Å². The Hall–Kier alpha value is -2.01. The molecule has 98 valence electrons. The number of aromatic nitrogens is 1. The highest BCUT2D eigenvalue weighted by molar-refractivity contribution is 7.98. The number of hydrogen-bond donors (Lipinski definition) is 2. The zero-order chi connectivity index (χ0) is 13.7. The molecule has 19 heavy (non-hydrogen) atoms. The number of para-hydroxylation sites is 1. The summed E-state index contributed by atoms with van der Waals surface area (Å²) in [7, 11) is 1.77. The summed E-state index contributed by atoms with van der Waals surface area (Å²) >= 11 is 1.59. The zero-order valence-corrected chi connectivity index (χ0v) is 11.6. The van der Waals surface area contributed by atoms with Crippen LogP contribution in [0.3, 0.4) is 0 Å². The molecule has 0 saturated heterocycles. The Morgan fingerprint density at radius 3 is 2.68 bits per heavy atom. The number of carbonyl (C=O) groups excluding carboxylic acids is 1. The Bertz CT molecular complexity index is 586. The molecule has 2 aromatic rings. The van der Waals surface area contributed by atoms with Gasteiger partial charge in [0.1, 0.15) is 11.5 Å². The van der Waals surface area contributed by atoms with Gasteiger partial charge in [0, 0.05) is 11.9 Å². The third-order valence-corrected chi connectivity index (χ3v) is 3.39. The Balaban J connectivity index is 2.20. The number of thioether (sulfide) groups is 1. The van der Waals surface area contributed by atoms with Crippen molar-refractivity contribution in [1.82, 2.24) is 4.98 Å². The number of anilines is 2. The number of rotatable bonds is 4. The molecule has 0 bridgehead atoms. The summed E-state index contributed by atoms with van der Waals surface area (Å²) < 4.78 is 0. The normalized spacial score (nSPS) is 10.0. The van der Waals surface area contributed by atoms with Gasteiger partial charge in [-0.05, 0) is 30.5 Å². The number of carbonyl (C=O) groups is 1. The lowest BCUT2D eigenvalue weighted by molar-refractivity contribution is 0.102. The molecule has 1 amide bonds. The van der Waals surface area contributed by atoms with Crippen LogP contribution in [0.2, 0.25) is 0 Å². The predicted molar refractivity (Wildman–Crippen MR) is 80.0 cm³/mol. The molecule has 0 atom stereocenters. The van der Waals surface area contributed by atoms with Crippen molar-refractivity contribution in [1.29, 1.82) is 0 Å². The van der Waals surface area contributed by atoms with Gasteiger partial charge in [-0.25, -0.2) is 4.98 Å². The van der Waals surface area contributed by atoms with Crippen molar-refractivity contribution >= 4 is 29.2 Å². The minimum atomic E-state index is -0.210. The van der Waals surface area contributed by atoms with Crippen molar-refractivity contribution in [2.24, 2.45) is 0 Å². The van der Waals surface area contributed by atoms with Crippen molar-refractivity contribution in [2.45, 2.75) is 4.90 Å². The summed E-state index contributed by atoms with van der Waals surface area (Å²) in [5.74, 6) is 0.462. The molecule has 0 fully saturated rings. The fourth-order valence-corrected chi connectivity index (χ4v) is 2.19. The van der Waals surface area contributed by atoms with Crippen LogP contribution in [-0.4, -0.2) is 24.2 Å². The molecule has 2 rings (SSSR count). The summed E-state index contributed by atoms with van der Waals surface area (Å²) in [6, 6.07) is 13.0. The predicted octanol–water partition coefficient (Wildman–Crippen LogP) is 3.10. The molecular weight excluding hydrogens is 258 g/mol. The van der Waals surface area contributed by atoms with E-state index >= 15 is 0 Å². The van der Waals surface area contributed by atoms with Crippen LogP contribution in [0.25, 0.3) is 0 Å². The molecule has 2 N–H and O–H groups in total. The van der Waals surface area contributed by atoms with Gasteiger partial charge in [0.15, 0.2) is 0 Å². The lowest BCUT2D eigenvalue weighted by atomic mass is 10.3. The van der Waals surface area contributed by atoms with Crippen LogP contribution in [0, 0.1) is 0 Å². The molecule has 0 aliphatic rings. The Morgan fingerprint density at radius 1 is 1.16 bits per heavy atom. The van der Waals surface area contributed by atoms with E-state index in [1.54, 1.807) is 30.9 Å². The lowest BCUT2D eigenvalue weighted by Gasteiger charge is -2.09. The van der Waals surface area contributed by atoms with E-state index in [1.807, 2.05) is 36.6 Å². The Morgan fingerprint density at radius 2 is 1.95 bits per heavy atom. The van der Waals surface area contributed by atoms with Gasteiger partial charge in [-0.1, -0.05) is 18.2 Å². The van der Waals surface area contributed by atoms with Gasteiger partial charge < -0.3 is 10.6 Å². The summed E-state index contributed by atoms with van der Waals surface area (Å²) in [6.07, 6.45) is 1.98. The van der Waals surface area contributed by atoms with E-state index in [0.29, 0.717) is 11.5 Å². The maximum Gasteiger partial charge on any atom is 0.274 e. The number of nitrogens with zero attached hydrogens (tertiary/aromatic N) is 1. The van der Waals surface area contributed by atoms with E-state index in [-0.39, 0.29) is 5.91 Å². The largest absolute Gasteiger partial charge is 0.373 e. The van der Waals surface area contributed by atoms with Crippen LogP contribution in [-0.2, 0) is 0 Å². The van der Waals surface area contributed by atoms with Gasteiger partial charge in [-0.2, -0.15) is 0 Å². The average molecular weight is 273 g/mol. The SMILES string of the molecule is CNc1cccc(C(=O)Nc2ccccc2SC)n1. The number of nitrogens with one attached hydrogen (secondary N) is 2. The second-order valence-electron chi connectivity index (χ2n) is 3.81. The van der Waals surface area contributed by atoms with E-state index in [1.165, 1.54) is 0 Å². The van der Waals surface area contributed by atoms with Gasteiger partial charge in [0.25, 0.3) is 5.91 Å². The molecule has 1 aromatic heterocycles. The molecule has 0 saturated carbocycles. The molecular formula is C14H15N3OS. The minimum Gasteiger partial charge on any atom is -0.373 e. The first-order valence-electron chi connectivity index (χ1n) is 5.84. The lowest BCUT2D eigenvalue weighted by Crippen LogP contribution is -2.14. The van der Waals surface area contributed by atoms with Crippen LogP contribution >= 0.6 is 11.8 Å². The van der Waals surface area contributed by atoms with E-state index < -0.39 is 0 Å². The quantitative estimate of drug-likeness (QED) is 0.840. The average Bonchev–Trinajstić information content (AvgIpc) is 2.47. The van der Waals surface area contributed by atoms with Crippen LogP contribution in [0.1, 0.15) is 10.5 Å². The van der Waals surface area contributed by atoms with E-state index in [4.69, 9.17) is 0 Å². The molecule has 0 spiro atoms. The van der Waals surface area contributed by atoms with E-state index in [2.05, 4.69) is 15.6 Å².